The SMILES string of the molecule is CCCC(CCO)CN=C(NCC)N1CCC(N2CC=CC2)C1. The first kappa shape index (κ1) is 18.3. The van der Waals surface area contributed by atoms with E-state index in [0.29, 0.717) is 12.0 Å². The number of hydrogen-bond acceptors (Lipinski definition) is 3. The van der Waals surface area contributed by atoms with Crippen LogP contribution in [0.3, 0.4) is 0 Å². The van der Waals surface area contributed by atoms with Crippen molar-refractivity contribution < 1.29 is 5.11 Å². The molecule has 0 aromatic carbocycles. The lowest BCUT2D eigenvalue weighted by Gasteiger charge is -2.26. The van der Waals surface area contributed by atoms with Gasteiger partial charge in [-0.3, -0.25) is 9.89 Å². The zero-order valence-electron chi connectivity index (χ0n) is 14.9. The number of aliphatic imine (C=N–C) groups is 1. The lowest BCUT2D eigenvalue weighted by Crippen LogP contribution is -2.43. The highest BCUT2D eigenvalue weighted by Crippen LogP contribution is 2.18. The van der Waals surface area contributed by atoms with Crippen LogP contribution in [0, 0.1) is 5.92 Å². The molecule has 5 nitrogen and oxygen atoms in total. The Bertz CT molecular complexity index is 382. The number of likely N-dealkylation sites (tertiary alicyclic amines) is 1. The van der Waals surface area contributed by atoms with Gasteiger partial charge >= 0.3 is 0 Å². The smallest absolute Gasteiger partial charge is 0.193 e. The van der Waals surface area contributed by atoms with Crippen molar-refractivity contribution in [1.29, 1.82) is 0 Å². The van der Waals surface area contributed by atoms with Crippen LogP contribution in [0.1, 0.15) is 39.5 Å². The molecule has 0 amide bonds. The Hall–Kier alpha value is -1.07. The summed E-state index contributed by atoms with van der Waals surface area (Å²) in [5.74, 6) is 1.56. The van der Waals surface area contributed by atoms with Gasteiger partial charge in [-0.05, 0) is 32.1 Å². The number of nitrogens with one attached hydrogen (secondary N) is 1. The van der Waals surface area contributed by atoms with Gasteiger partial charge in [0.2, 0.25) is 0 Å². The van der Waals surface area contributed by atoms with Gasteiger partial charge in [-0.15, -0.1) is 0 Å². The van der Waals surface area contributed by atoms with Crippen molar-refractivity contribution in [3.05, 3.63) is 12.2 Å². The summed E-state index contributed by atoms with van der Waals surface area (Å²) in [6.07, 6.45) is 8.92. The summed E-state index contributed by atoms with van der Waals surface area (Å²) in [6, 6.07) is 0.651. The van der Waals surface area contributed by atoms with E-state index < -0.39 is 0 Å². The van der Waals surface area contributed by atoms with Crippen LogP contribution in [0.2, 0.25) is 0 Å². The fraction of sp³-hybridized carbons (Fsp3) is 0.833. The van der Waals surface area contributed by atoms with E-state index in [4.69, 9.17) is 4.99 Å². The molecule has 0 saturated carbocycles. The highest BCUT2D eigenvalue weighted by molar-refractivity contribution is 5.80. The third-order valence-corrected chi connectivity index (χ3v) is 4.89. The van der Waals surface area contributed by atoms with Crippen molar-refractivity contribution in [2.24, 2.45) is 10.9 Å². The van der Waals surface area contributed by atoms with Gasteiger partial charge in [-0.1, -0.05) is 25.5 Å². The quantitative estimate of drug-likeness (QED) is 0.406. The third-order valence-electron chi connectivity index (χ3n) is 4.89. The molecule has 2 aliphatic heterocycles. The number of rotatable bonds is 8. The Morgan fingerprint density at radius 2 is 2.09 bits per heavy atom. The molecule has 0 aromatic heterocycles. The maximum absolute atomic E-state index is 9.21. The minimum atomic E-state index is 0.268. The fourth-order valence-electron chi connectivity index (χ4n) is 3.58. The Balaban J connectivity index is 1.90. The molecule has 2 heterocycles. The summed E-state index contributed by atoms with van der Waals surface area (Å²) in [7, 11) is 0. The lowest BCUT2D eigenvalue weighted by atomic mass is 10.0. The molecule has 1 saturated heterocycles. The van der Waals surface area contributed by atoms with Gasteiger partial charge in [-0.25, -0.2) is 0 Å². The van der Waals surface area contributed by atoms with Crippen molar-refractivity contribution in [3.8, 4) is 0 Å². The number of aliphatic hydroxyl groups excluding tert-OH is 1. The van der Waals surface area contributed by atoms with E-state index in [1.165, 1.54) is 6.42 Å². The zero-order valence-corrected chi connectivity index (χ0v) is 14.9. The van der Waals surface area contributed by atoms with Crippen molar-refractivity contribution in [2.45, 2.75) is 45.6 Å². The van der Waals surface area contributed by atoms with E-state index in [9.17, 15) is 5.11 Å². The average molecular weight is 322 g/mol. The van der Waals surface area contributed by atoms with Crippen LogP contribution in [0.5, 0.6) is 0 Å². The Morgan fingerprint density at radius 1 is 1.30 bits per heavy atom. The van der Waals surface area contributed by atoms with E-state index in [-0.39, 0.29) is 6.61 Å². The van der Waals surface area contributed by atoms with Gasteiger partial charge in [0.05, 0.1) is 0 Å². The number of hydrogen-bond donors (Lipinski definition) is 2. The zero-order chi connectivity index (χ0) is 16.5. The number of guanidine groups is 1. The monoisotopic (exact) mass is 322 g/mol. The van der Waals surface area contributed by atoms with E-state index in [0.717, 1.165) is 64.5 Å². The highest BCUT2D eigenvalue weighted by atomic mass is 16.3. The standard InChI is InChI=1S/C18H34N4O/c1-3-7-16(9-13-23)14-20-18(19-4-2)22-12-8-17(15-22)21-10-5-6-11-21/h5-6,16-17,23H,3-4,7-15H2,1-2H3,(H,19,20). The van der Waals surface area contributed by atoms with E-state index in [2.05, 4.69) is 41.1 Å². The lowest BCUT2D eigenvalue weighted by molar-refractivity contribution is 0.252. The van der Waals surface area contributed by atoms with E-state index >= 15 is 0 Å². The van der Waals surface area contributed by atoms with Gasteiger partial charge in [0.25, 0.3) is 0 Å². The van der Waals surface area contributed by atoms with E-state index in [1.807, 2.05) is 0 Å². The molecule has 0 bridgehead atoms. The topological polar surface area (TPSA) is 51.1 Å². The second kappa shape index (κ2) is 9.93. The molecule has 0 aliphatic carbocycles. The molecule has 5 heteroatoms. The van der Waals surface area contributed by atoms with Crippen molar-refractivity contribution in [3.63, 3.8) is 0 Å². The second-order valence-corrected chi connectivity index (χ2v) is 6.68. The van der Waals surface area contributed by atoms with Gasteiger partial charge < -0.3 is 15.3 Å². The predicted octanol–water partition coefficient (Wildman–Crippen LogP) is 1.70. The molecule has 2 aliphatic rings. The predicted molar refractivity (Wildman–Crippen MR) is 96.8 cm³/mol. The average Bonchev–Trinajstić information content (AvgIpc) is 3.22. The first-order valence-electron chi connectivity index (χ1n) is 9.31. The molecule has 2 atom stereocenters. The number of aliphatic hydroxyl groups is 1. The van der Waals surface area contributed by atoms with Crippen LogP contribution in [-0.2, 0) is 0 Å². The summed E-state index contributed by atoms with van der Waals surface area (Å²) in [6.45, 7) is 10.7. The molecule has 0 aromatic rings. The molecule has 0 radical (unpaired) electrons. The second-order valence-electron chi connectivity index (χ2n) is 6.68. The van der Waals surface area contributed by atoms with E-state index in [1.54, 1.807) is 0 Å². The fourth-order valence-corrected chi connectivity index (χ4v) is 3.58. The molecule has 2 unspecified atom stereocenters. The first-order valence-corrected chi connectivity index (χ1v) is 9.31. The van der Waals surface area contributed by atoms with Crippen molar-refractivity contribution in [1.82, 2.24) is 15.1 Å². The minimum absolute atomic E-state index is 0.268. The van der Waals surface area contributed by atoms with Crippen LogP contribution in [0.4, 0.5) is 0 Å². The summed E-state index contributed by atoms with van der Waals surface area (Å²) in [5.41, 5.74) is 0. The summed E-state index contributed by atoms with van der Waals surface area (Å²) in [4.78, 5) is 9.84. The molecular weight excluding hydrogens is 288 g/mol. The molecule has 132 valence electrons. The summed E-state index contributed by atoms with van der Waals surface area (Å²) in [5, 5.41) is 12.7. The van der Waals surface area contributed by atoms with Crippen LogP contribution in [0.25, 0.3) is 0 Å². The Morgan fingerprint density at radius 3 is 2.74 bits per heavy atom. The molecule has 0 spiro atoms. The van der Waals surface area contributed by atoms with Crippen molar-refractivity contribution in [2.75, 3.05) is 45.9 Å². The molecule has 23 heavy (non-hydrogen) atoms. The maximum atomic E-state index is 9.21. The van der Waals surface area contributed by atoms with Crippen LogP contribution in [-0.4, -0.2) is 72.8 Å². The van der Waals surface area contributed by atoms with Crippen LogP contribution >= 0.6 is 0 Å². The summed E-state index contributed by atoms with van der Waals surface area (Å²) < 4.78 is 0. The molecule has 1 fully saturated rings. The number of nitrogens with zero attached hydrogens (tertiary/aromatic N) is 3. The van der Waals surface area contributed by atoms with Crippen molar-refractivity contribution >= 4 is 5.96 Å². The largest absolute Gasteiger partial charge is 0.396 e. The molecular formula is C18H34N4O. The van der Waals surface area contributed by atoms with Crippen LogP contribution < -0.4 is 5.32 Å². The summed E-state index contributed by atoms with van der Waals surface area (Å²) >= 11 is 0. The van der Waals surface area contributed by atoms with Gasteiger partial charge in [0.1, 0.15) is 0 Å². The Kier molecular flexibility index (Phi) is 7.89. The third kappa shape index (κ3) is 5.50. The maximum Gasteiger partial charge on any atom is 0.193 e. The minimum Gasteiger partial charge on any atom is -0.396 e. The first-order chi connectivity index (χ1) is 11.3. The van der Waals surface area contributed by atoms with Crippen LogP contribution in [0.15, 0.2) is 17.1 Å². The molecule has 2 N–H and O–H groups in total. The highest BCUT2D eigenvalue weighted by Gasteiger charge is 2.29. The van der Waals surface area contributed by atoms with Gasteiger partial charge in [-0.2, -0.15) is 0 Å². The van der Waals surface area contributed by atoms with Gasteiger partial charge in [0.15, 0.2) is 5.96 Å². The molecule has 2 rings (SSSR count). The Labute approximate surface area is 141 Å². The van der Waals surface area contributed by atoms with Gasteiger partial charge in [0, 0.05) is 51.9 Å². The normalized spacial score (nSPS) is 23.7.